The third kappa shape index (κ3) is 3.70. The van der Waals surface area contributed by atoms with E-state index >= 15 is 0 Å². The summed E-state index contributed by atoms with van der Waals surface area (Å²) in [4.78, 5) is 16.9. The van der Waals surface area contributed by atoms with E-state index in [1.54, 1.807) is 0 Å². The molecule has 1 saturated heterocycles. The minimum Gasteiger partial charge on any atom is -0.336 e. The van der Waals surface area contributed by atoms with Gasteiger partial charge < -0.3 is 4.90 Å². The van der Waals surface area contributed by atoms with Gasteiger partial charge in [-0.25, -0.2) is 0 Å². The van der Waals surface area contributed by atoms with Crippen LogP contribution in [0, 0.1) is 3.57 Å². The maximum Gasteiger partial charge on any atom is 0.255 e. The van der Waals surface area contributed by atoms with Crippen LogP contribution in [0.25, 0.3) is 0 Å². The molecule has 0 bridgehead atoms. The minimum absolute atomic E-state index is 0.133. The summed E-state index contributed by atoms with van der Waals surface area (Å²) in [5, 5.41) is 0. The predicted octanol–water partition coefficient (Wildman–Crippen LogP) is 3.22. The molecule has 0 N–H and O–H groups in total. The molecule has 1 heterocycles. The third-order valence-corrected chi connectivity index (χ3v) is 4.85. The molecule has 19 heavy (non-hydrogen) atoms. The predicted molar refractivity (Wildman–Crippen MR) is 89.5 cm³/mol. The first-order chi connectivity index (χ1) is 8.99. The quantitative estimate of drug-likeness (QED) is 0.664. The molecule has 0 aromatic heterocycles. The fraction of sp³-hybridized carbons (Fsp3) is 0.500. The Labute approximate surface area is 136 Å². The zero-order chi connectivity index (χ0) is 14.0. The molecule has 1 aromatic carbocycles. The van der Waals surface area contributed by atoms with Crippen molar-refractivity contribution >= 4 is 44.4 Å². The number of amides is 1. The Balaban J connectivity index is 2.07. The van der Waals surface area contributed by atoms with Crippen LogP contribution in [0.15, 0.2) is 22.7 Å². The number of nitrogens with zero attached hydrogens (tertiary/aromatic N) is 2. The lowest BCUT2D eigenvalue weighted by atomic mass is 10.1. The lowest BCUT2D eigenvalue weighted by Gasteiger charge is -2.37. The topological polar surface area (TPSA) is 23.6 Å². The fourth-order valence-electron chi connectivity index (χ4n) is 2.27. The van der Waals surface area contributed by atoms with Crippen molar-refractivity contribution in [3.63, 3.8) is 0 Å². The Morgan fingerprint density at radius 2 is 1.89 bits per heavy atom. The molecule has 0 saturated carbocycles. The van der Waals surface area contributed by atoms with Crippen LogP contribution in [0.5, 0.6) is 0 Å². The van der Waals surface area contributed by atoms with Crippen molar-refractivity contribution in [2.75, 3.05) is 26.2 Å². The van der Waals surface area contributed by atoms with Crippen molar-refractivity contribution in [2.24, 2.45) is 0 Å². The van der Waals surface area contributed by atoms with Crippen LogP contribution < -0.4 is 0 Å². The lowest BCUT2D eigenvalue weighted by Crippen LogP contribution is -2.50. The summed E-state index contributed by atoms with van der Waals surface area (Å²) >= 11 is 5.71. The van der Waals surface area contributed by atoms with E-state index in [9.17, 15) is 4.79 Å². The highest BCUT2D eigenvalue weighted by Crippen LogP contribution is 2.22. The van der Waals surface area contributed by atoms with Crippen molar-refractivity contribution in [1.29, 1.82) is 0 Å². The Kier molecular flexibility index (Phi) is 5.25. The summed E-state index contributed by atoms with van der Waals surface area (Å²) in [6, 6.07) is 6.45. The van der Waals surface area contributed by atoms with Crippen molar-refractivity contribution < 1.29 is 4.79 Å². The molecule has 5 heteroatoms. The van der Waals surface area contributed by atoms with Gasteiger partial charge in [0, 0.05) is 40.3 Å². The van der Waals surface area contributed by atoms with Crippen LogP contribution in [0.4, 0.5) is 0 Å². The average molecular weight is 437 g/mol. The SMILES string of the molecule is CC(C)N1CCN(C(=O)c2cc(I)ccc2Br)CC1. The summed E-state index contributed by atoms with van der Waals surface area (Å²) in [5.41, 5.74) is 0.768. The monoisotopic (exact) mass is 436 g/mol. The molecule has 1 aliphatic rings. The van der Waals surface area contributed by atoms with Gasteiger partial charge in [0.05, 0.1) is 5.56 Å². The maximum absolute atomic E-state index is 12.5. The Bertz CT molecular complexity index is 471. The van der Waals surface area contributed by atoms with Crippen molar-refractivity contribution in [1.82, 2.24) is 9.80 Å². The zero-order valence-electron chi connectivity index (χ0n) is 11.2. The first kappa shape index (κ1) is 15.3. The van der Waals surface area contributed by atoms with Gasteiger partial charge in [-0.05, 0) is 70.6 Å². The summed E-state index contributed by atoms with van der Waals surface area (Å²) in [6.45, 7) is 7.96. The van der Waals surface area contributed by atoms with Gasteiger partial charge in [0.25, 0.3) is 5.91 Å². The molecule has 1 fully saturated rings. The lowest BCUT2D eigenvalue weighted by molar-refractivity contribution is 0.0594. The fourth-order valence-corrected chi connectivity index (χ4v) is 3.18. The first-order valence-corrected chi connectivity index (χ1v) is 8.34. The molecule has 1 aliphatic heterocycles. The number of piperazine rings is 1. The Hall–Kier alpha value is -0.140. The van der Waals surface area contributed by atoms with Gasteiger partial charge in [-0.1, -0.05) is 0 Å². The van der Waals surface area contributed by atoms with Gasteiger partial charge in [0.1, 0.15) is 0 Å². The van der Waals surface area contributed by atoms with Crippen LogP contribution in [0.1, 0.15) is 24.2 Å². The van der Waals surface area contributed by atoms with Crippen molar-refractivity contribution in [2.45, 2.75) is 19.9 Å². The molecular formula is C14H18BrIN2O. The van der Waals surface area contributed by atoms with E-state index in [1.165, 1.54) is 0 Å². The van der Waals surface area contributed by atoms with Gasteiger partial charge in [-0.2, -0.15) is 0 Å². The smallest absolute Gasteiger partial charge is 0.255 e. The van der Waals surface area contributed by atoms with Gasteiger partial charge in [-0.15, -0.1) is 0 Å². The second-order valence-corrected chi connectivity index (χ2v) is 7.15. The number of carbonyl (C=O) groups is 1. The van der Waals surface area contributed by atoms with Gasteiger partial charge in [0.2, 0.25) is 0 Å². The van der Waals surface area contributed by atoms with Gasteiger partial charge in [0.15, 0.2) is 0 Å². The van der Waals surface area contributed by atoms with Gasteiger partial charge in [-0.3, -0.25) is 9.69 Å². The highest BCUT2D eigenvalue weighted by molar-refractivity contribution is 14.1. The van der Waals surface area contributed by atoms with Crippen LogP contribution in [0.3, 0.4) is 0 Å². The largest absolute Gasteiger partial charge is 0.336 e. The maximum atomic E-state index is 12.5. The molecule has 0 unspecified atom stereocenters. The average Bonchev–Trinajstić information content (AvgIpc) is 2.41. The molecule has 0 aliphatic carbocycles. The highest BCUT2D eigenvalue weighted by atomic mass is 127. The van der Waals surface area contributed by atoms with E-state index < -0.39 is 0 Å². The molecule has 1 amide bonds. The van der Waals surface area contributed by atoms with Crippen LogP contribution in [0.2, 0.25) is 0 Å². The summed E-state index contributed by atoms with van der Waals surface area (Å²) in [6.07, 6.45) is 0. The van der Waals surface area contributed by atoms with E-state index in [0.29, 0.717) is 6.04 Å². The van der Waals surface area contributed by atoms with E-state index in [2.05, 4.69) is 57.3 Å². The minimum atomic E-state index is 0.133. The number of hydrogen-bond donors (Lipinski definition) is 0. The normalized spacial score (nSPS) is 17.0. The standard InChI is InChI=1S/C14H18BrIN2O/c1-10(2)17-5-7-18(8-6-17)14(19)12-9-11(16)3-4-13(12)15/h3-4,9-10H,5-8H2,1-2H3. The highest BCUT2D eigenvalue weighted by Gasteiger charge is 2.24. The molecular weight excluding hydrogens is 419 g/mol. The number of rotatable bonds is 2. The van der Waals surface area contributed by atoms with E-state index in [-0.39, 0.29) is 5.91 Å². The second-order valence-electron chi connectivity index (χ2n) is 5.05. The summed E-state index contributed by atoms with van der Waals surface area (Å²) < 4.78 is 1.97. The number of hydrogen-bond acceptors (Lipinski definition) is 2. The van der Waals surface area contributed by atoms with Crippen LogP contribution >= 0.6 is 38.5 Å². The zero-order valence-corrected chi connectivity index (χ0v) is 14.9. The molecule has 1 aromatic rings. The van der Waals surface area contributed by atoms with Crippen LogP contribution in [-0.2, 0) is 0 Å². The first-order valence-electron chi connectivity index (χ1n) is 6.47. The Morgan fingerprint density at radius 1 is 1.26 bits per heavy atom. The second kappa shape index (κ2) is 6.54. The van der Waals surface area contributed by atoms with Crippen LogP contribution in [-0.4, -0.2) is 47.9 Å². The molecule has 0 spiro atoms. The number of carbonyl (C=O) groups excluding carboxylic acids is 1. The van der Waals surface area contributed by atoms with E-state index in [1.807, 2.05) is 23.1 Å². The molecule has 0 atom stereocenters. The third-order valence-electron chi connectivity index (χ3n) is 3.49. The summed E-state index contributed by atoms with van der Waals surface area (Å²) in [7, 11) is 0. The Morgan fingerprint density at radius 3 is 2.47 bits per heavy atom. The molecule has 3 nitrogen and oxygen atoms in total. The van der Waals surface area contributed by atoms with E-state index in [0.717, 1.165) is 39.8 Å². The number of halogens is 2. The van der Waals surface area contributed by atoms with Crippen molar-refractivity contribution in [3.8, 4) is 0 Å². The molecule has 104 valence electrons. The van der Waals surface area contributed by atoms with Crippen molar-refractivity contribution in [3.05, 3.63) is 31.8 Å². The number of benzene rings is 1. The molecule has 2 rings (SSSR count). The van der Waals surface area contributed by atoms with Gasteiger partial charge >= 0.3 is 0 Å². The molecule has 0 radical (unpaired) electrons. The van der Waals surface area contributed by atoms with E-state index in [4.69, 9.17) is 0 Å². The summed E-state index contributed by atoms with van der Waals surface area (Å²) in [5.74, 6) is 0.133.